The van der Waals surface area contributed by atoms with Gasteiger partial charge in [-0.15, -0.1) is 0 Å². The van der Waals surface area contributed by atoms with Crippen molar-refractivity contribution >= 4 is 11.5 Å². The van der Waals surface area contributed by atoms with Gasteiger partial charge < -0.3 is 25.8 Å². The third kappa shape index (κ3) is 4.01. The van der Waals surface area contributed by atoms with Crippen LogP contribution in [0.2, 0.25) is 0 Å². The van der Waals surface area contributed by atoms with Gasteiger partial charge >= 0.3 is 0 Å². The van der Waals surface area contributed by atoms with Crippen LogP contribution in [0.3, 0.4) is 0 Å². The number of hydrogen-bond donors (Lipinski definition) is 3. The maximum atomic E-state index is 10.1. The molecule has 0 aliphatic carbocycles. The molecule has 0 amide bonds. The minimum absolute atomic E-state index is 0.319. The zero-order valence-electron chi connectivity index (χ0n) is 11.3. The first-order valence-electron chi connectivity index (χ1n) is 5.61. The Morgan fingerprint density at radius 1 is 1.50 bits per heavy atom. The molecule has 0 radical (unpaired) electrons. The lowest BCUT2D eigenvalue weighted by Crippen LogP contribution is -2.43. The normalized spacial score (nSPS) is 14.3. The van der Waals surface area contributed by atoms with Crippen molar-refractivity contribution in [1.29, 1.82) is 0 Å². The van der Waals surface area contributed by atoms with Crippen LogP contribution in [-0.4, -0.2) is 59.9 Å². The summed E-state index contributed by atoms with van der Waals surface area (Å²) < 4.78 is 5.00. The second kappa shape index (κ2) is 5.83. The van der Waals surface area contributed by atoms with Crippen LogP contribution >= 0.6 is 0 Å². The molecular formula is C11H21N5O2. The fraction of sp³-hybridized carbons (Fsp3) is 0.636. The Morgan fingerprint density at radius 2 is 2.17 bits per heavy atom. The average molecular weight is 255 g/mol. The molecule has 0 spiro atoms. The molecule has 18 heavy (non-hydrogen) atoms. The van der Waals surface area contributed by atoms with E-state index in [-0.39, 0.29) is 0 Å². The van der Waals surface area contributed by atoms with Crippen LogP contribution in [0.25, 0.3) is 0 Å². The van der Waals surface area contributed by atoms with E-state index in [1.807, 2.05) is 19.0 Å². The second-order valence-electron chi connectivity index (χ2n) is 4.73. The van der Waals surface area contributed by atoms with Crippen molar-refractivity contribution in [1.82, 2.24) is 14.9 Å². The largest absolute Gasteiger partial charge is 0.479 e. The van der Waals surface area contributed by atoms with Gasteiger partial charge in [0, 0.05) is 13.1 Å². The summed E-state index contributed by atoms with van der Waals surface area (Å²) in [7, 11) is 5.29. The average Bonchev–Trinajstić information content (AvgIpc) is 2.26. The molecule has 0 aliphatic heterocycles. The van der Waals surface area contributed by atoms with E-state index in [2.05, 4.69) is 15.3 Å². The Hall–Kier alpha value is -1.60. The summed E-state index contributed by atoms with van der Waals surface area (Å²) in [4.78, 5) is 9.81. The van der Waals surface area contributed by atoms with Crippen LogP contribution in [0.15, 0.2) is 6.33 Å². The smallest absolute Gasteiger partial charge is 0.242 e. The number of nitrogens with two attached hydrogens (primary N) is 1. The Morgan fingerprint density at radius 3 is 2.72 bits per heavy atom. The van der Waals surface area contributed by atoms with Crippen LogP contribution in [0, 0.1) is 0 Å². The van der Waals surface area contributed by atoms with Crippen molar-refractivity contribution in [3.8, 4) is 5.88 Å². The summed E-state index contributed by atoms with van der Waals surface area (Å²) in [5.74, 6) is 0.778. The molecule has 0 saturated carbocycles. The number of aliphatic hydroxyl groups is 1. The molecule has 0 saturated heterocycles. The zero-order valence-corrected chi connectivity index (χ0v) is 11.3. The van der Waals surface area contributed by atoms with Crippen LogP contribution in [0.1, 0.15) is 6.92 Å². The quantitative estimate of drug-likeness (QED) is 0.647. The van der Waals surface area contributed by atoms with Crippen LogP contribution in [-0.2, 0) is 0 Å². The van der Waals surface area contributed by atoms with E-state index < -0.39 is 5.60 Å². The van der Waals surface area contributed by atoms with Crippen molar-refractivity contribution in [3.63, 3.8) is 0 Å². The molecule has 7 heteroatoms. The van der Waals surface area contributed by atoms with Crippen molar-refractivity contribution < 1.29 is 9.84 Å². The maximum absolute atomic E-state index is 10.1. The number of hydrogen-bond acceptors (Lipinski definition) is 7. The fourth-order valence-corrected chi connectivity index (χ4v) is 1.69. The van der Waals surface area contributed by atoms with Gasteiger partial charge in [0.25, 0.3) is 0 Å². The third-order valence-corrected chi connectivity index (χ3v) is 2.33. The van der Waals surface area contributed by atoms with E-state index >= 15 is 0 Å². The van der Waals surface area contributed by atoms with Gasteiger partial charge in [-0.05, 0) is 21.0 Å². The maximum Gasteiger partial charge on any atom is 0.242 e. The van der Waals surface area contributed by atoms with Crippen LogP contribution < -0.4 is 15.8 Å². The fourth-order valence-electron chi connectivity index (χ4n) is 1.69. The van der Waals surface area contributed by atoms with Gasteiger partial charge in [-0.2, -0.15) is 4.98 Å². The van der Waals surface area contributed by atoms with Gasteiger partial charge in [-0.1, -0.05) is 0 Å². The lowest BCUT2D eigenvalue weighted by atomic mass is 10.1. The summed E-state index contributed by atoms with van der Waals surface area (Å²) in [6.45, 7) is 2.60. The van der Waals surface area contributed by atoms with Gasteiger partial charge in [0.15, 0.2) is 5.82 Å². The van der Waals surface area contributed by atoms with E-state index in [4.69, 9.17) is 10.5 Å². The Labute approximate surface area is 107 Å². The van der Waals surface area contributed by atoms with Gasteiger partial charge in [0.05, 0.1) is 12.7 Å². The van der Waals surface area contributed by atoms with Gasteiger partial charge in [-0.25, -0.2) is 4.98 Å². The number of likely N-dealkylation sites (N-methyl/N-ethyl adjacent to an activating group) is 1. The monoisotopic (exact) mass is 255 g/mol. The van der Waals surface area contributed by atoms with Gasteiger partial charge in [0.2, 0.25) is 5.88 Å². The van der Waals surface area contributed by atoms with Crippen molar-refractivity contribution in [3.05, 3.63) is 6.33 Å². The lowest BCUT2D eigenvalue weighted by molar-refractivity contribution is 0.0459. The number of rotatable bonds is 6. The first-order valence-corrected chi connectivity index (χ1v) is 5.61. The van der Waals surface area contributed by atoms with E-state index in [9.17, 15) is 5.11 Å². The number of anilines is 2. The van der Waals surface area contributed by atoms with E-state index in [1.165, 1.54) is 13.4 Å². The van der Waals surface area contributed by atoms with Gasteiger partial charge in [0.1, 0.15) is 12.0 Å². The molecule has 1 rings (SSSR count). The highest BCUT2D eigenvalue weighted by atomic mass is 16.5. The highest BCUT2D eigenvalue weighted by Crippen LogP contribution is 2.24. The minimum atomic E-state index is -0.881. The summed E-state index contributed by atoms with van der Waals surface area (Å²) in [6.07, 6.45) is 1.36. The molecule has 1 heterocycles. The summed E-state index contributed by atoms with van der Waals surface area (Å²) in [5, 5.41) is 13.1. The summed E-state index contributed by atoms with van der Waals surface area (Å²) >= 11 is 0. The Kier molecular flexibility index (Phi) is 4.69. The number of nitrogen functional groups attached to an aromatic ring is 1. The van der Waals surface area contributed by atoms with Crippen LogP contribution in [0.5, 0.6) is 5.88 Å². The van der Waals surface area contributed by atoms with Crippen LogP contribution in [0.4, 0.5) is 11.5 Å². The molecule has 0 aromatic carbocycles. The van der Waals surface area contributed by atoms with Crippen molar-refractivity contribution in [2.75, 3.05) is 45.3 Å². The number of nitrogens with one attached hydrogen (secondary N) is 1. The third-order valence-electron chi connectivity index (χ3n) is 2.33. The van der Waals surface area contributed by atoms with E-state index in [0.29, 0.717) is 30.5 Å². The first kappa shape index (κ1) is 14.5. The number of methoxy groups -OCH3 is 1. The SMILES string of the molecule is COc1ncnc(NCC(C)(O)CN(C)C)c1N. The summed E-state index contributed by atoms with van der Waals surface area (Å²) in [6, 6.07) is 0. The molecule has 4 N–H and O–H groups in total. The first-order chi connectivity index (χ1) is 8.35. The zero-order chi connectivity index (χ0) is 13.8. The molecule has 1 unspecified atom stereocenters. The Bertz CT molecular complexity index is 395. The van der Waals surface area contributed by atoms with E-state index in [1.54, 1.807) is 6.92 Å². The molecule has 0 bridgehead atoms. The molecule has 102 valence electrons. The highest BCUT2D eigenvalue weighted by Gasteiger charge is 2.22. The highest BCUT2D eigenvalue weighted by molar-refractivity contribution is 5.66. The molecule has 7 nitrogen and oxygen atoms in total. The number of ether oxygens (including phenoxy) is 1. The van der Waals surface area contributed by atoms with Crippen molar-refractivity contribution in [2.24, 2.45) is 0 Å². The molecule has 0 aliphatic rings. The molecular weight excluding hydrogens is 234 g/mol. The molecule has 1 aromatic rings. The number of aromatic nitrogens is 2. The topological polar surface area (TPSA) is 96.5 Å². The predicted octanol–water partition coefficient (Wildman–Crippen LogP) is -0.208. The predicted molar refractivity (Wildman–Crippen MR) is 70.7 cm³/mol. The lowest BCUT2D eigenvalue weighted by Gasteiger charge is -2.27. The van der Waals surface area contributed by atoms with Gasteiger partial charge in [-0.3, -0.25) is 0 Å². The molecule has 1 aromatic heterocycles. The minimum Gasteiger partial charge on any atom is -0.479 e. The molecule has 0 fully saturated rings. The second-order valence-corrected chi connectivity index (χ2v) is 4.73. The van der Waals surface area contributed by atoms with Crippen molar-refractivity contribution in [2.45, 2.75) is 12.5 Å². The molecule has 1 atom stereocenters. The standard InChI is InChI=1S/C11H21N5O2/c1-11(17,6-16(2)3)5-13-9-8(12)10(18-4)15-7-14-9/h7,17H,5-6,12H2,1-4H3,(H,13,14,15). The summed E-state index contributed by atoms with van der Waals surface area (Å²) in [5.41, 5.74) is 5.27. The Balaban J connectivity index is 2.69. The van der Waals surface area contributed by atoms with E-state index in [0.717, 1.165) is 0 Å². The number of nitrogens with zero attached hydrogens (tertiary/aromatic N) is 3.